The van der Waals surface area contributed by atoms with Gasteiger partial charge in [0.15, 0.2) is 0 Å². The summed E-state index contributed by atoms with van der Waals surface area (Å²) < 4.78 is 10.5. The Kier molecular flexibility index (Phi) is 3.90. The highest BCUT2D eigenvalue weighted by atomic mass is 16.5. The van der Waals surface area contributed by atoms with Crippen molar-refractivity contribution in [3.63, 3.8) is 0 Å². The first-order valence-electron chi connectivity index (χ1n) is 6.50. The molecule has 1 fully saturated rings. The average Bonchev–Trinajstić information content (AvgIpc) is 2.40. The molecule has 0 unspecified atom stereocenters. The minimum absolute atomic E-state index is 0.104. The molecule has 0 bridgehead atoms. The van der Waals surface area contributed by atoms with Gasteiger partial charge in [-0.3, -0.25) is 4.79 Å². The minimum Gasteiger partial charge on any atom is -0.497 e. The number of benzene rings is 1. The molecule has 1 saturated carbocycles. The van der Waals surface area contributed by atoms with Crippen LogP contribution in [0.5, 0.6) is 11.5 Å². The molecule has 98 valence electrons. The zero-order valence-corrected chi connectivity index (χ0v) is 11.1. The van der Waals surface area contributed by atoms with E-state index in [9.17, 15) is 4.79 Å². The number of esters is 1. The molecule has 0 spiro atoms. The monoisotopic (exact) mass is 248 g/mol. The van der Waals surface area contributed by atoms with Crippen molar-refractivity contribution in [3.05, 3.63) is 24.3 Å². The van der Waals surface area contributed by atoms with E-state index >= 15 is 0 Å². The third-order valence-electron chi connectivity index (χ3n) is 3.72. The quantitative estimate of drug-likeness (QED) is 0.606. The lowest BCUT2D eigenvalue weighted by molar-refractivity contribution is -0.146. The molecule has 1 aromatic carbocycles. The van der Waals surface area contributed by atoms with Crippen molar-refractivity contribution in [2.24, 2.45) is 5.41 Å². The largest absolute Gasteiger partial charge is 0.497 e. The molecular weight excluding hydrogens is 228 g/mol. The van der Waals surface area contributed by atoms with E-state index in [1.54, 1.807) is 31.4 Å². The second kappa shape index (κ2) is 5.42. The van der Waals surface area contributed by atoms with Crippen LogP contribution in [0.4, 0.5) is 0 Å². The van der Waals surface area contributed by atoms with Gasteiger partial charge in [-0.1, -0.05) is 19.3 Å². The topological polar surface area (TPSA) is 35.5 Å². The van der Waals surface area contributed by atoms with Gasteiger partial charge < -0.3 is 9.47 Å². The fraction of sp³-hybridized carbons (Fsp3) is 0.533. The van der Waals surface area contributed by atoms with Gasteiger partial charge in [0.25, 0.3) is 0 Å². The smallest absolute Gasteiger partial charge is 0.317 e. The van der Waals surface area contributed by atoms with Crippen molar-refractivity contribution in [2.75, 3.05) is 7.11 Å². The Labute approximate surface area is 108 Å². The summed E-state index contributed by atoms with van der Waals surface area (Å²) in [5.74, 6) is 1.25. The maximum absolute atomic E-state index is 12.2. The fourth-order valence-electron chi connectivity index (χ4n) is 2.41. The molecule has 0 heterocycles. The highest BCUT2D eigenvalue weighted by Gasteiger charge is 2.36. The van der Waals surface area contributed by atoms with Gasteiger partial charge in [0, 0.05) is 0 Å². The Balaban J connectivity index is 2.01. The third kappa shape index (κ3) is 2.84. The molecule has 1 aliphatic rings. The lowest BCUT2D eigenvalue weighted by atomic mass is 9.76. The van der Waals surface area contributed by atoms with Crippen LogP contribution in [0.15, 0.2) is 24.3 Å². The van der Waals surface area contributed by atoms with Gasteiger partial charge in [0.1, 0.15) is 11.5 Å². The number of rotatable bonds is 3. The maximum Gasteiger partial charge on any atom is 0.317 e. The SMILES string of the molecule is COc1ccc(OC(=O)C2(C)CCCCC2)cc1. The van der Waals surface area contributed by atoms with Crippen LogP contribution in [0.3, 0.4) is 0 Å². The van der Waals surface area contributed by atoms with Crippen molar-refractivity contribution >= 4 is 5.97 Å². The Morgan fingerprint density at radius 2 is 1.61 bits per heavy atom. The van der Waals surface area contributed by atoms with Crippen molar-refractivity contribution < 1.29 is 14.3 Å². The fourth-order valence-corrected chi connectivity index (χ4v) is 2.41. The van der Waals surface area contributed by atoms with E-state index < -0.39 is 0 Å². The molecule has 3 nitrogen and oxygen atoms in total. The van der Waals surface area contributed by atoms with Crippen LogP contribution in [-0.2, 0) is 4.79 Å². The number of hydrogen-bond donors (Lipinski definition) is 0. The first kappa shape index (κ1) is 12.9. The standard InChI is InChI=1S/C15H20O3/c1-15(10-4-3-5-11-15)14(16)18-13-8-6-12(17-2)7-9-13/h6-9H,3-5,10-11H2,1-2H3. The van der Waals surface area contributed by atoms with Crippen LogP contribution in [0.1, 0.15) is 39.0 Å². The van der Waals surface area contributed by atoms with Crippen molar-refractivity contribution in [1.29, 1.82) is 0 Å². The molecule has 0 aromatic heterocycles. The molecule has 1 aliphatic carbocycles. The lowest BCUT2D eigenvalue weighted by Gasteiger charge is -2.30. The first-order valence-corrected chi connectivity index (χ1v) is 6.50. The second-order valence-corrected chi connectivity index (χ2v) is 5.19. The third-order valence-corrected chi connectivity index (χ3v) is 3.72. The van der Waals surface area contributed by atoms with Gasteiger partial charge in [-0.05, 0) is 44.0 Å². The van der Waals surface area contributed by atoms with Gasteiger partial charge in [-0.2, -0.15) is 0 Å². The van der Waals surface area contributed by atoms with E-state index in [4.69, 9.17) is 9.47 Å². The summed E-state index contributed by atoms with van der Waals surface area (Å²) in [5.41, 5.74) is -0.307. The summed E-state index contributed by atoms with van der Waals surface area (Å²) in [6.07, 6.45) is 5.33. The van der Waals surface area contributed by atoms with Gasteiger partial charge >= 0.3 is 5.97 Å². The normalized spacial score (nSPS) is 18.1. The van der Waals surface area contributed by atoms with Gasteiger partial charge in [-0.15, -0.1) is 0 Å². The van der Waals surface area contributed by atoms with E-state index in [2.05, 4.69) is 0 Å². The number of methoxy groups -OCH3 is 1. The lowest BCUT2D eigenvalue weighted by Crippen LogP contribution is -2.33. The summed E-state index contributed by atoms with van der Waals surface area (Å²) in [7, 11) is 1.62. The molecule has 0 atom stereocenters. The van der Waals surface area contributed by atoms with Gasteiger partial charge in [0.05, 0.1) is 12.5 Å². The van der Waals surface area contributed by atoms with E-state index in [0.717, 1.165) is 31.4 Å². The summed E-state index contributed by atoms with van der Waals surface area (Å²) in [6.45, 7) is 2.01. The van der Waals surface area contributed by atoms with Crippen molar-refractivity contribution in [1.82, 2.24) is 0 Å². The average molecular weight is 248 g/mol. The summed E-state index contributed by atoms with van der Waals surface area (Å²) in [4.78, 5) is 12.2. The van der Waals surface area contributed by atoms with E-state index in [0.29, 0.717) is 5.75 Å². The van der Waals surface area contributed by atoms with Gasteiger partial charge in [0.2, 0.25) is 0 Å². The molecule has 2 rings (SSSR count). The molecule has 1 aromatic rings. The Bertz CT molecular complexity index is 402. The van der Waals surface area contributed by atoms with Crippen LogP contribution < -0.4 is 9.47 Å². The van der Waals surface area contributed by atoms with Crippen LogP contribution in [0, 0.1) is 5.41 Å². The van der Waals surface area contributed by atoms with E-state index in [-0.39, 0.29) is 11.4 Å². The Morgan fingerprint density at radius 3 is 2.17 bits per heavy atom. The number of hydrogen-bond acceptors (Lipinski definition) is 3. The maximum atomic E-state index is 12.2. The van der Waals surface area contributed by atoms with Crippen LogP contribution >= 0.6 is 0 Å². The number of ether oxygens (including phenoxy) is 2. The predicted molar refractivity (Wildman–Crippen MR) is 69.8 cm³/mol. The van der Waals surface area contributed by atoms with E-state index in [1.165, 1.54) is 6.42 Å². The molecule has 18 heavy (non-hydrogen) atoms. The van der Waals surface area contributed by atoms with Crippen molar-refractivity contribution in [3.8, 4) is 11.5 Å². The van der Waals surface area contributed by atoms with Crippen LogP contribution in [0.2, 0.25) is 0 Å². The van der Waals surface area contributed by atoms with Gasteiger partial charge in [-0.25, -0.2) is 0 Å². The zero-order valence-electron chi connectivity index (χ0n) is 11.1. The summed E-state index contributed by atoms with van der Waals surface area (Å²) in [6, 6.07) is 7.13. The molecular formula is C15H20O3. The van der Waals surface area contributed by atoms with E-state index in [1.807, 2.05) is 6.92 Å². The molecule has 3 heteroatoms. The Morgan fingerprint density at radius 1 is 1.06 bits per heavy atom. The molecule has 0 aliphatic heterocycles. The molecule has 0 N–H and O–H groups in total. The predicted octanol–water partition coefficient (Wildman–Crippen LogP) is 3.57. The number of carbonyl (C=O) groups is 1. The number of carbonyl (C=O) groups excluding carboxylic acids is 1. The minimum atomic E-state index is -0.307. The Hall–Kier alpha value is -1.51. The highest BCUT2D eigenvalue weighted by Crippen LogP contribution is 2.37. The van der Waals surface area contributed by atoms with Crippen molar-refractivity contribution in [2.45, 2.75) is 39.0 Å². The molecule has 0 saturated heterocycles. The van der Waals surface area contributed by atoms with Crippen LogP contribution in [0.25, 0.3) is 0 Å². The van der Waals surface area contributed by atoms with Crippen LogP contribution in [-0.4, -0.2) is 13.1 Å². The first-order chi connectivity index (χ1) is 8.64. The molecule has 0 radical (unpaired) electrons. The summed E-state index contributed by atoms with van der Waals surface area (Å²) in [5, 5.41) is 0. The molecule has 0 amide bonds. The second-order valence-electron chi connectivity index (χ2n) is 5.19. The highest BCUT2D eigenvalue weighted by molar-refractivity contribution is 5.78. The summed E-state index contributed by atoms with van der Waals surface area (Å²) >= 11 is 0. The zero-order chi connectivity index (χ0) is 13.0.